The molecule has 0 spiro atoms. The minimum atomic E-state index is -0.852. The number of hydrogen-bond acceptors (Lipinski definition) is 2. The van der Waals surface area contributed by atoms with E-state index in [2.05, 4.69) is 22.2 Å². The topological polar surface area (TPSA) is 40.7 Å². The number of rotatable bonds is 4. The molecule has 2 unspecified atom stereocenters. The summed E-state index contributed by atoms with van der Waals surface area (Å²) in [5.41, 5.74) is 1.03. The molecule has 3 rings (SSSR count). The van der Waals surface area contributed by atoms with Crippen molar-refractivity contribution in [2.75, 3.05) is 6.54 Å². The molecule has 3 nitrogen and oxygen atoms in total. The molecule has 1 aliphatic rings. The van der Waals surface area contributed by atoms with Gasteiger partial charge in [0.15, 0.2) is 11.6 Å². The summed E-state index contributed by atoms with van der Waals surface area (Å²) in [5, 5.41) is 3.58. The number of aromatic nitrogens is 2. The van der Waals surface area contributed by atoms with Crippen molar-refractivity contribution >= 4 is 11.0 Å². The summed E-state index contributed by atoms with van der Waals surface area (Å²) in [6, 6.07) is 2.89. The van der Waals surface area contributed by atoms with Gasteiger partial charge in [-0.3, -0.25) is 0 Å². The third-order valence-corrected chi connectivity index (χ3v) is 4.45. The molecule has 1 aliphatic carbocycles. The lowest BCUT2D eigenvalue weighted by atomic mass is 9.86. The van der Waals surface area contributed by atoms with Gasteiger partial charge in [-0.2, -0.15) is 0 Å². The predicted molar refractivity (Wildman–Crippen MR) is 79.1 cm³/mol. The Morgan fingerprint density at radius 2 is 2.00 bits per heavy atom. The van der Waals surface area contributed by atoms with Crippen molar-refractivity contribution in [1.29, 1.82) is 0 Å². The van der Waals surface area contributed by atoms with Gasteiger partial charge >= 0.3 is 0 Å². The summed E-state index contributed by atoms with van der Waals surface area (Å²) in [6.45, 7) is 3.13. The van der Waals surface area contributed by atoms with E-state index in [4.69, 9.17) is 0 Å². The summed E-state index contributed by atoms with van der Waals surface area (Å²) in [4.78, 5) is 7.37. The quantitative estimate of drug-likeness (QED) is 0.905. The van der Waals surface area contributed by atoms with Gasteiger partial charge in [0.25, 0.3) is 0 Å². The first-order chi connectivity index (χ1) is 10.1. The van der Waals surface area contributed by atoms with Crippen molar-refractivity contribution < 1.29 is 8.78 Å². The maximum atomic E-state index is 13.2. The molecule has 2 atom stereocenters. The molecule has 0 radical (unpaired) electrons. The molecular weight excluding hydrogens is 272 g/mol. The molecule has 2 aromatic rings. The summed E-state index contributed by atoms with van der Waals surface area (Å²) >= 11 is 0. The molecule has 114 valence electrons. The number of hydrogen-bond donors (Lipinski definition) is 2. The van der Waals surface area contributed by atoms with Crippen molar-refractivity contribution in [2.24, 2.45) is 5.92 Å². The second-order valence-electron chi connectivity index (χ2n) is 6.04. The van der Waals surface area contributed by atoms with E-state index in [-0.39, 0.29) is 0 Å². The number of H-pyrrole nitrogens is 1. The summed E-state index contributed by atoms with van der Waals surface area (Å²) in [5.74, 6) is -0.204. The van der Waals surface area contributed by atoms with Crippen molar-refractivity contribution in [2.45, 2.75) is 45.1 Å². The molecular formula is C16H21F2N3. The van der Waals surface area contributed by atoms with Gasteiger partial charge < -0.3 is 10.3 Å². The zero-order valence-corrected chi connectivity index (χ0v) is 12.3. The number of aromatic amines is 1. The fraction of sp³-hybridized carbons (Fsp3) is 0.562. The molecule has 1 heterocycles. The highest BCUT2D eigenvalue weighted by atomic mass is 19.2. The van der Waals surface area contributed by atoms with Crippen LogP contribution in [0.3, 0.4) is 0 Å². The van der Waals surface area contributed by atoms with Crippen LogP contribution in [-0.4, -0.2) is 22.6 Å². The van der Waals surface area contributed by atoms with Crippen LogP contribution in [0.4, 0.5) is 8.78 Å². The van der Waals surface area contributed by atoms with E-state index < -0.39 is 11.6 Å². The van der Waals surface area contributed by atoms with E-state index in [0.29, 0.717) is 17.1 Å². The first-order valence-electron chi connectivity index (χ1n) is 7.70. The zero-order valence-electron chi connectivity index (χ0n) is 12.3. The first kappa shape index (κ1) is 14.4. The molecule has 1 fully saturated rings. The molecule has 1 aromatic heterocycles. The van der Waals surface area contributed by atoms with Crippen LogP contribution in [0.5, 0.6) is 0 Å². The van der Waals surface area contributed by atoms with Crippen LogP contribution in [-0.2, 0) is 6.42 Å². The van der Waals surface area contributed by atoms with Gasteiger partial charge in [-0.25, -0.2) is 13.8 Å². The standard InChI is InChI=1S/C16H21F2N3/c1-10-4-2-3-5-13(10)19-7-6-16-20-14-8-11(17)12(18)9-15(14)21-16/h8-10,13,19H,2-7H2,1H3,(H,20,21). The van der Waals surface area contributed by atoms with E-state index in [9.17, 15) is 8.78 Å². The summed E-state index contributed by atoms with van der Waals surface area (Å²) in [7, 11) is 0. The van der Waals surface area contributed by atoms with Gasteiger partial charge in [0.05, 0.1) is 11.0 Å². The Labute approximate surface area is 123 Å². The Morgan fingerprint density at radius 3 is 2.81 bits per heavy atom. The Kier molecular flexibility index (Phi) is 4.19. The van der Waals surface area contributed by atoms with Crippen LogP contribution in [0.1, 0.15) is 38.4 Å². The van der Waals surface area contributed by atoms with Gasteiger partial charge in [-0.05, 0) is 18.8 Å². The molecule has 0 saturated heterocycles. The third-order valence-electron chi connectivity index (χ3n) is 4.45. The first-order valence-corrected chi connectivity index (χ1v) is 7.70. The molecule has 21 heavy (non-hydrogen) atoms. The fourth-order valence-electron chi connectivity index (χ4n) is 3.17. The Balaban J connectivity index is 1.60. The van der Waals surface area contributed by atoms with Crippen LogP contribution in [0, 0.1) is 17.6 Å². The van der Waals surface area contributed by atoms with Crippen molar-refractivity contribution in [3.8, 4) is 0 Å². The lowest BCUT2D eigenvalue weighted by Crippen LogP contribution is -2.38. The van der Waals surface area contributed by atoms with E-state index in [0.717, 1.165) is 36.8 Å². The van der Waals surface area contributed by atoms with E-state index in [1.807, 2.05) is 0 Å². The summed E-state index contributed by atoms with van der Waals surface area (Å²) < 4.78 is 26.3. The molecule has 2 N–H and O–H groups in total. The minimum Gasteiger partial charge on any atom is -0.342 e. The SMILES string of the molecule is CC1CCCCC1NCCc1nc2cc(F)c(F)cc2[nH]1. The highest BCUT2D eigenvalue weighted by Gasteiger charge is 2.20. The molecule has 1 saturated carbocycles. The monoisotopic (exact) mass is 293 g/mol. The number of nitrogens with zero attached hydrogens (tertiary/aromatic N) is 1. The largest absolute Gasteiger partial charge is 0.342 e. The number of benzene rings is 1. The Hall–Kier alpha value is -1.49. The van der Waals surface area contributed by atoms with Crippen LogP contribution in [0.2, 0.25) is 0 Å². The highest BCUT2D eigenvalue weighted by Crippen LogP contribution is 2.23. The molecule has 1 aromatic carbocycles. The van der Waals surface area contributed by atoms with Crippen LogP contribution in [0.25, 0.3) is 11.0 Å². The number of fused-ring (bicyclic) bond motifs is 1. The van der Waals surface area contributed by atoms with Crippen LogP contribution in [0.15, 0.2) is 12.1 Å². The van der Waals surface area contributed by atoms with Crippen LogP contribution >= 0.6 is 0 Å². The van der Waals surface area contributed by atoms with E-state index in [1.54, 1.807) is 0 Å². The maximum absolute atomic E-state index is 13.2. The molecule has 0 amide bonds. The van der Waals surface area contributed by atoms with Crippen molar-refractivity contribution in [1.82, 2.24) is 15.3 Å². The van der Waals surface area contributed by atoms with E-state index in [1.165, 1.54) is 25.7 Å². The van der Waals surface area contributed by atoms with Gasteiger partial charge in [-0.15, -0.1) is 0 Å². The third kappa shape index (κ3) is 3.23. The predicted octanol–water partition coefficient (Wildman–Crippen LogP) is 3.55. The number of imidazole rings is 1. The number of halogens is 2. The van der Waals surface area contributed by atoms with Gasteiger partial charge in [0.1, 0.15) is 5.82 Å². The Bertz CT molecular complexity index is 584. The highest BCUT2D eigenvalue weighted by molar-refractivity contribution is 5.75. The molecule has 0 aliphatic heterocycles. The Morgan fingerprint density at radius 1 is 1.24 bits per heavy atom. The fourth-order valence-corrected chi connectivity index (χ4v) is 3.17. The molecule has 0 bridgehead atoms. The minimum absolute atomic E-state index is 0.481. The zero-order chi connectivity index (χ0) is 14.8. The van der Waals surface area contributed by atoms with Gasteiger partial charge in [0.2, 0.25) is 0 Å². The van der Waals surface area contributed by atoms with Crippen molar-refractivity contribution in [3.63, 3.8) is 0 Å². The van der Waals surface area contributed by atoms with Crippen molar-refractivity contribution in [3.05, 3.63) is 29.6 Å². The van der Waals surface area contributed by atoms with E-state index >= 15 is 0 Å². The van der Waals surface area contributed by atoms with Gasteiger partial charge in [0, 0.05) is 31.1 Å². The average molecular weight is 293 g/mol. The maximum Gasteiger partial charge on any atom is 0.161 e. The number of nitrogens with one attached hydrogen (secondary N) is 2. The lowest BCUT2D eigenvalue weighted by molar-refractivity contribution is 0.282. The smallest absolute Gasteiger partial charge is 0.161 e. The summed E-state index contributed by atoms with van der Waals surface area (Å²) in [6.07, 6.45) is 5.89. The average Bonchev–Trinajstić information content (AvgIpc) is 2.83. The second-order valence-corrected chi connectivity index (χ2v) is 6.04. The normalized spacial score (nSPS) is 22.8. The van der Waals surface area contributed by atoms with Gasteiger partial charge in [-0.1, -0.05) is 19.8 Å². The lowest BCUT2D eigenvalue weighted by Gasteiger charge is -2.29. The molecule has 5 heteroatoms. The second kappa shape index (κ2) is 6.10. The van der Waals surface area contributed by atoms with Crippen LogP contribution < -0.4 is 5.32 Å².